The van der Waals surface area contributed by atoms with Gasteiger partial charge in [0.05, 0.1) is 0 Å². The molecule has 0 bridgehead atoms. The molecule has 0 aliphatic carbocycles. The van der Waals surface area contributed by atoms with Crippen LogP contribution in [0.5, 0.6) is 0 Å². The number of rotatable bonds is 4. The van der Waals surface area contributed by atoms with E-state index in [4.69, 9.17) is 17.3 Å². The van der Waals surface area contributed by atoms with Crippen LogP contribution in [0.1, 0.15) is 18.6 Å². The van der Waals surface area contributed by atoms with Crippen LogP contribution in [0.15, 0.2) is 24.3 Å². The van der Waals surface area contributed by atoms with E-state index in [1.165, 1.54) is 13.0 Å². The van der Waals surface area contributed by atoms with Crippen molar-refractivity contribution >= 4 is 27.1 Å². The molecule has 2 atom stereocenters. The van der Waals surface area contributed by atoms with Crippen molar-refractivity contribution in [2.75, 3.05) is 11.5 Å². The highest BCUT2D eigenvalue weighted by Crippen LogP contribution is 2.26. The number of anilines is 1. The molecule has 90 valence electrons. The Balaban J connectivity index is 2.99. The first-order valence-corrected chi connectivity index (χ1v) is 6.93. The number of hydrogen-bond acceptors (Lipinski definition) is 4. The first-order chi connectivity index (χ1) is 7.38. The van der Waals surface area contributed by atoms with Gasteiger partial charge in [-0.05, 0) is 17.7 Å². The van der Waals surface area contributed by atoms with Crippen molar-refractivity contribution in [2.24, 2.45) is 0 Å². The summed E-state index contributed by atoms with van der Waals surface area (Å²) in [5.74, 6) is -0.111. The van der Waals surface area contributed by atoms with Crippen LogP contribution in [-0.4, -0.2) is 24.0 Å². The maximum atomic E-state index is 11.5. The predicted molar refractivity (Wildman–Crippen MR) is 64.9 cm³/mol. The smallest absolute Gasteiger partial charge is 0.169 e. The second-order valence-corrected chi connectivity index (χ2v) is 6.56. The lowest BCUT2D eigenvalue weighted by molar-refractivity contribution is 0.192. The van der Waals surface area contributed by atoms with Crippen molar-refractivity contribution in [2.45, 2.75) is 17.7 Å². The standard InChI is InChI=1S/C10H14ClNO3S/c1-2-16(14,15)10(11)9(13)7-4-3-5-8(12)6-7/h3-6,9-10,13H,2,12H2,1H3/t9-,10+/m0/s1. The van der Waals surface area contributed by atoms with Crippen molar-refractivity contribution in [3.8, 4) is 0 Å². The van der Waals surface area contributed by atoms with Crippen LogP contribution in [-0.2, 0) is 9.84 Å². The summed E-state index contributed by atoms with van der Waals surface area (Å²) >= 11 is 5.73. The van der Waals surface area contributed by atoms with Gasteiger partial charge in [-0.3, -0.25) is 0 Å². The number of nitrogen functional groups attached to an aromatic ring is 1. The molecule has 0 aromatic heterocycles. The average molecular weight is 264 g/mol. The fourth-order valence-electron chi connectivity index (χ4n) is 1.25. The number of benzene rings is 1. The second kappa shape index (κ2) is 5.03. The third kappa shape index (κ3) is 2.87. The minimum atomic E-state index is -3.48. The molecule has 0 fully saturated rings. The molecule has 0 amide bonds. The fraction of sp³-hybridized carbons (Fsp3) is 0.400. The van der Waals surface area contributed by atoms with Gasteiger partial charge in [0.1, 0.15) is 6.10 Å². The van der Waals surface area contributed by atoms with Crippen molar-refractivity contribution in [3.05, 3.63) is 29.8 Å². The van der Waals surface area contributed by atoms with E-state index in [1.807, 2.05) is 0 Å². The van der Waals surface area contributed by atoms with Gasteiger partial charge < -0.3 is 10.8 Å². The summed E-state index contributed by atoms with van der Waals surface area (Å²) in [6.45, 7) is 1.48. The Morgan fingerprint density at radius 1 is 1.50 bits per heavy atom. The van der Waals surface area contributed by atoms with Gasteiger partial charge in [-0.15, -0.1) is 11.6 Å². The van der Waals surface area contributed by atoms with E-state index in [9.17, 15) is 13.5 Å². The molecule has 4 nitrogen and oxygen atoms in total. The SMILES string of the molecule is CCS(=O)(=O)[C@@H](Cl)[C@@H](O)c1cccc(N)c1. The number of hydrogen-bond donors (Lipinski definition) is 2. The first-order valence-electron chi connectivity index (χ1n) is 4.77. The van der Waals surface area contributed by atoms with E-state index in [1.54, 1.807) is 18.2 Å². The normalized spacial score (nSPS) is 15.7. The lowest BCUT2D eigenvalue weighted by Gasteiger charge is -2.17. The van der Waals surface area contributed by atoms with Gasteiger partial charge in [0, 0.05) is 11.4 Å². The number of sulfone groups is 1. The van der Waals surface area contributed by atoms with E-state index < -0.39 is 20.7 Å². The van der Waals surface area contributed by atoms with Gasteiger partial charge in [0.15, 0.2) is 14.5 Å². The lowest BCUT2D eigenvalue weighted by Crippen LogP contribution is -2.24. The summed E-state index contributed by atoms with van der Waals surface area (Å²) < 4.78 is 21.6. The zero-order valence-corrected chi connectivity index (χ0v) is 10.4. The molecule has 0 radical (unpaired) electrons. The van der Waals surface area contributed by atoms with Gasteiger partial charge in [-0.25, -0.2) is 8.42 Å². The van der Waals surface area contributed by atoms with Crippen LogP contribution in [0.25, 0.3) is 0 Å². The zero-order valence-electron chi connectivity index (χ0n) is 8.80. The van der Waals surface area contributed by atoms with Gasteiger partial charge in [0.2, 0.25) is 0 Å². The van der Waals surface area contributed by atoms with Gasteiger partial charge in [-0.1, -0.05) is 19.1 Å². The molecule has 3 N–H and O–H groups in total. The maximum Gasteiger partial charge on any atom is 0.169 e. The second-order valence-electron chi connectivity index (χ2n) is 3.42. The monoisotopic (exact) mass is 263 g/mol. The average Bonchev–Trinajstić information content (AvgIpc) is 2.27. The molecule has 0 saturated carbocycles. The van der Waals surface area contributed by atoms with E-state index in [-0.39, 0.29) is 5.75 Å². The molecule has 1 aromatic rings. The molecule has 6 heteroatoms. The first kappa shape index (κ1) is 13.3. The van der Waals surface area contributed by atoms with E-state index in [0.29, 0.717) is 11.3 Å². The molecule has 1 aromatic carbocycles. The lowest BCUT2D eigenvalue weighted by atomic mass is 10.1. The van der Waals surface area contributed by atoms with Gasteiger partial charge >= 0.3 is 0 Å². The van der Waals surface area contributed by atoms with Crippen LogP contribution in [0.3, 0.4) is 0 Å². The molecule has 16 heavy (non-hydrogen) atoms. The number of aliphatic hydroxyl groups excluding tert-OH is 1. The Bertz CT molecular complexity index is 461. The van der Waals surface area contributed by atoms with Crippen LogP contribution in [0.2, 0.25) is 0 Å². The Morgan fingerprint density at radius 2 is 2.12 bits per heavy atom. The predicted octanol–water partition coefficient (Wildman–Crippen LogP) is 1.30. The van der Waals surface area contributed by atoms with Crippen molar-refractivity contribution in [3.63, 3.8) is 0 Å². The Kier molecular flexibility index (Phi) is 4.18. The molecular weight excluding hydrogens is 250 g/mol. The van der Waals surface area contributed by atoms with E-state index >= 15 is 0 Å². The van der Waals surface area contributed by atoms with E-state index in [0.717, 1.165) is 0 Å². The highest BCUT2D eigenvalue weighted by Gasteiger charge is 2.29. The number of halogens is 1. The third-order valence-corrected chi connectivity index (χ3v) is 5.05. The Morgan fingerprint density at radius 3 is 2.62 bits per heavy atom. The van der Waals surface area contributed by atoms with Crippen molar-refractivity contribution in [1.82, 2.24) is 0 Å². The molecule has 0 unspecified atom stereocenters. The zero-order chi connectivity index (χ0) is 12.3. The molecule has 1 rings (SSSR count). The number of alkyl halides is 1. The van der Waals surface area contributed by atoms with Gasteiger partial charge in [-0.2, -0.15) is 0 Å². The summed E-state index contributed by atoms with van der Waals surface area (Å²) in [5, 5.41) is 9.81. The van der Waals surface area contributed by atoms with Crippen LogP contribution in [0.4, 0.5) is 5.69 Å². The largest absolute Gasteiger partial charge is 0.399 e. The minimum absolute atomic E-state index is 0.111. The summed E-state index contributed by atoms with van der Waals surface area (Å²) in [7, 11) is -3.48. The van der Waals surface area contributed by atoms with Crippen molar-refractivity contribution < 1.29 is 13.5 Å². The van der Waals surface area contributed by atoms with Gasteiger partial charge in [0.25, 0.3) is 0 Å². The minimum Gasteiger partial charge on any atom is -0.399 e. The Labute approximate surface area is 100.0 Å². The molecule has 0 heterocycles. The quantitative estimate of drug-likeness (QED) is 0.634. The summed E-state index contributed by atoms with van der Waals surface area (Å²) in [6, 6.07) is 6.37. The highest BCUT2D eigenvalue weighted by molar-refractivity contribution is 7.93. The Hall–Kier alpha value is -0.780. The third-order valence-electron chi connectivity index (χ3n) is 2.25. The van der Waals surface area contributed by atoms with Crippen LogP contribution >= 0.6 is 11.6 Å². The summed E-state index contributed by atoms with van der Waals surface area (Å²) in [5.41, 5.74) is 6.39. The fourth-order valence-corrected chi connectivity index (χ4v) is 2.64. The topological polar surface area (TPSA) is 80.4 Å². The van der Waals surface area contributed by atoms with Crippen LogP contribution < -0.4 is 5.73 Å². The van der Waals surface area contributed by atoms with E-state index in [2.05, 4.69) is 0 Å². The molecular formula is C10H14ClNO3S. The number of nitrogens with two attached hydrogens (primary N) is 1. The molecule has 0 aliphatic rings. The molecule has 0 spiro atoms. The molecule has 0 saturated heterocycles. The van der Waals surface area contributed by atoms with Crippen LogP contribution in [0, 0.1) is 0 Å². The molecule has 0 aliphatic heterocycles. The van der Waals surface area contributed by atoms with Crippen molar-refractivity contribution in [1.29, 1.82) is 0 Å². The maximum absolute atomic E-state index is 11.5. The number of aliphatic hydroxyl groups is 1. The highest BCUT2D eigenvalue weighted by atomic mass is 35.5. The summed E-state index contributed by atoms with van der Waals surface area (Å²) in [6.07, 6.45) is -1.27. The summed E-state index contributed by atoms with van der Waals surface area (Å²) in [4.78, 5) is 0.